The zero-order chi connectivity index (χ0) is 13.1. The van der Waals surface area contributed by atoms with Crippen molar-refractivity contribution in [3.8, 4) is 0 Å². The van der Waals surface area contributed by atoms with Crippen LogP contribution in [0.15, 0.2) is 29.5 Å². The van der Waals surface area contributed by atoms with Crippen molar-refractivity contribution in [1.82, 2.24) is 10.3 Å². The van der Waals surface area contributed by atoms with Crippen LogP contribution in [0.25, 0.3) is 0 Å². The van der Waals surface area contributed by atoms with E-state index in [0.717, 1.165) is 17.6 Å². The molecule has 0 radical (unpaired) electrons. The molecule has 1 saturated heterocycles. The predicted octanol–water partition coefficient (Wildman–Crippen LogP) is 3.22. The zero-order valence-corrected chi connectivity index (χ0v) is 12.2. The van der Waals surface area contributed by atoms with Gasteiger partial charge in [0, 0.05) is 23.7 Å². The topological polar surface area (TPSA) is 37.3 Å². The average molecular weight is 275 g/mol. The molecule has 4 heteroatoms. The van der Waals surface area contributed by atoms with Crippen LogP contribution in [-0.4, -0.2) is 21.4 Å². The van der Waals surface area contributed by atoms with E-state index < -0.39 is 0 Å². The molecule has 102 valence electrons. The quantitative estimate of drug-likeness (QED) is 0.900. The van der Waals surface area contributed by atoms with Gasteiger partial charge in [0.05, 0.1) is 6.54 Å². The number of nitrogens with one attached hydrogen (secondary N) is 1. The molecular weight excluding hydrogens is 254 g/mol. The third-order valence-electron chi connectivity index (χ3n) is 4.08. The van der Waals surface area contributed by atoms with Gasteiger partial charge in [-0.05, 0) is 30.4 Å². The lowest BCUT2D eigenvalue weighted by Gasteiger charge is -2.36. The van der Waals surface area contributed by atoms with Crippen LogP contribution in [-0.2, 0) is 6.54 Å². The van der Waals surface area contributed by atoms with Gasteiger partial charge in [-0.1, -0.05) is 37.6 Å². The van der Waals surface area contributed by atoms with Gasteiger partial charge in [0.25, 0.3) is 0 Å². The zero-order valence-electron chi connectivity index (χ0n) is 11.4. The van der Waals surface area contributed by atoms with Crippen LogP contribution >= 0.6 is 11.8 Å². The van der Waals surface area contributed by atoms with Gasteiger partial charge in [0.15, 0.2) is 5.17 Å². The molecule has 1 N–H and O–H groups in total. The highest BCUT2D eigenvalue weighted by Gasteiger charge is 2.40. The number of hydrogen-bond acceptors (Lipinski definition) is 3. The fraction of sp³-hybridized carbons (Fsp3) is 0.600. The maximum Gasteiger partial charge on any atom is 0.157 e. The molecule has 2 aliphatic rings. The van der Waals surface area contributed by atoms with Crippen molar-refractivity contribution in [3.63, 3.8) is 0 Å². The molecule has 3 nitrogen and oxygen atoms in total. The van der Waals surface area contributed by atoms with E-state index in [-0.39, 0.29) is 0 Å². The Bertz CT molecular complexity index is 460. The number of nitrogens with zero attached hydrogens (tertiary/aromatic N) is 2. The SMILES string of the molecule is CC1CCCC2(CSC(=NCc3cccnc3)N2)C1. The van der Waals surface area contributed by atoms with Gasteiger partial charge < -0.3 is 5.32 Å². The molecule has 1 aromatic rings. The summed E-state index contributed by atoms with van der Waals surface area (Å²) in [5, 5.41) is 4.82. The maximum atomic E-state index is 4.70. The van der Waals surface area contributed by atoms with Gasteiger partial charge in [-0.3, -0.25) is 9.98 Å². The Hall–Kier alpha value is -1.03. The van der Waals surface area contributed by atoms with Crippen LogP contribution in [0.3, 0.4) is 0 Å². The van der Waals surface area contributed by atoms with Crippen LogP contribution in [0.2, 0.25) is 0 Å². The Balaban J connectivity index is 1.62. The Kier molecular flexibility index (Phi) is 3.78. The summed E-state index contributed by atoms with van der Waals surface area (Å²) < 4.78 is 0. The summed E-state index contributed by atoms with van der Waals surface area (Å²) in [6.45, 7) is 3.10. The second kappa shape index (κ2) is 5.53. The van der Waals surface area contributed by atoms with Gasteiger partial charge in [0.2, 0.25) is 0 Å². The van der Waals surface area contributed by atoms with E-state index in [2.05, 4.69) is 23.3 Å². The Morgan fingerprint density at radius 2 is 2.53 bits per heavy atom. The first-order valence-electron chi connectivity index (χ1n) is 7.10. The monoisotopic (exact) mass is 275 g/mol. The predicted molar refractivity (Wildman–Crippen MR) is 81.3 cm³/mol. The number of amidine groups is 1. The summed E-state index contributed by atoms with van der Waals surface area (Å²) in [7, 11) is 0. The fourth-order valence-electron chi connectivity index (χ4n) is 3.15. The number of hydrogen-bond donors (Lipinski definition) is 1. The number of pyridine rings is 1. The van der Waals surface area contributed by atoms with E-state index in [4.69, 9.17) is 4.99 Å². The summed E-state index contributed by atoms with van der Waals surface area (Å²) in [5.41, 5.74) is 1.51. The van der Waals surface area contributed by atoms with E-state index in [1.807, 2.05) is 24.0 Å². The summed E-state index contributed by atoms with van der Waals surface area (Å²) in [6.07, 6.45) is 9.03. The molecule has 2 atom stereocenters. The first kappa shape index (κ1) is 13.0. The standard InChI is InChI=1S/C15H21N3S/c1-12-4-2-6-15(8-12)11-19-14(18-15)17-10-13-5-3-7-16-9-13/h3,5,7,9,12H,2,4,6,8,10-11H2,1H3,(H,17,18). The largest absolute Gasteiger partial charge is 0.359 e. The van der Waals surface area contributed by atoms with Crippen molar-refractivity contribution >= 4 is 16.9 Å². The summed E-state index contributed by atoms with van der Waals surface area (Å²) in [4.78, 5) is 8.82. The Labute approximate surface area is 119 Å². The molecule has 0 amide bonds. The highest BCUT2D eigenvalue weighted by Crippen LogP contribution is 2.38. The highest BCUT2D eigenvalue weighted by molar-refractivity contribution is 8.14. The number of rotatable bonds is 2. The normalized spacial score (nSPS) is 32.7. The van der Waals surface area contributed by atoms with Gasteiger partial charge >= 0.3 is 0 Å². The molecule has 1 aliphatic heterocycles. The summed E-state index contributed by atoms with van der Waals surface area (Å²) >= 11 is 1.89. The van der Waals surface area contributed by atoms with Crippen molar-refractivity contribution in [1.29, 1.82) is 0 Å². The molecular formula is C15H21N3S. The van der Waals surface area contributed by atoms with Crippen molar-refractivity contribution in [2.45, 2.75) is 44.7 Å². The van der Waals surface area contributed by atoms with Crippen LogP contribution in [0, 0.1) is 5.92 Å². The lowest BCUT2D eigenvalue weighted by Crippen LogP contribution is -2.47. The van der Waals surface area contributed by atoms with Crippen molar-refractivity contribution in [3.05, 3.63) is 30.1 Å². The summed E-state index contributed by atoms with van der Waals surface area (Å²) in [5.74, 6) is 2.03. The first-order valence-corrected chi connectivity index (χ1v) is 8.09. The third-order valence-corrected chi connectivity index (χ3v) is 5.28. The van der Waals surface area contributed by atoms with Crippen molar-refractivity contribution < 1.29 is 0 Å². The molecule has 19 heavy (non-hydrogen) atoms. The maximum absolute atomic E-state index is 4.70. The Morgan fingerprint density at radius 1 is 1.58 bits per heavy atom. The third kappa shape index (κ3) is 3.11. The van der Waals surface area contributed by atoms with E-state index in [1.54, 1.807) is 6.20 Å². The minimum atomic E-state index is 0.329. The number of thioether (sulfide) groups is 1. The van der Waals surface area contributed by atoms with E-state index in [9.17, 15) is 0 Å². The molecule has 1 aromatic heterocycles. The lowest BCUT2D eigenvalue weighted by molar-refractivity contribution is 0.242. The second-order valence-electron chi connectivity index (χ2n) is 5.88. The van der Waals surface area contributed by atoms with E-state index in [1.165, 1.54) is 37.0 Å². The van der Waals surface area contributed by atoms with Gasteiger partial charge in [0.1, 0.15) is 0 Å². The van der Waals surface area contributed by atoms with Crippen molar-refractivity contribution in [2.24, 2.45) is 10.9 Å². The van der Waals surface area contributed by atoms with Crippen molar-refractivity contribution in [2.75, 3.05) is 5.75 Å². The number of aromatic nitrogens is 1. The fourth-order valence-corrected chi connectivity index (χ4v) is 4.34. The molecule has 0 aromatic carbocycles. The van der Waals surface area contributed by atoms with Gasteiger partial charge in [-0.25, -0.2) is 0 Å². The summed E-state index contributed by atoms with van der Waals surface area (Å²) in [6, 6.07) is 4.05. The van der Waals surface area contributed by atoms with Gasteiger partial charge in [-0.2, -0.15) is 0 Å². The van der Waals surface area contributed by atoms with E-state index in [0.29, 0.717) is 5.54 Å². The van der Waals surface area contributed by atoms with E-state index >= 15 is 0 Å². The Morgan fingerprint density at radius 3 is 3.32 bits per heavy atom. The molecule has 3 rings (SSSR count). The minimum Gasteiger partial charge on any atom is -0.359 e. The minimum absolute atomic E-state index is 0.329. The molecule has 1 aliphatic carbocycles. The molecule has 0 bridgehead atoms. The average Bonchev–Trinajstić information content (AvgIpc) is 2.80. The first-order chi connectivity index (χ1) is 9.26. The second-order valence-corrected chi connectivity index (χ2v) is 6.84. The molecule has 2 fully saturated rings. The van der Waals surface area contributed by atoms with Crippen LogP contribution in [0.1, 0.15) is 38.2 Å². The van der Waals surface area contributed by atoms with Crippen LogP contribution in [0.4, 0.5) is 0 Å². The lowest BCUT2D eigenvalue weighted by atomic mass is 9.78. The van der Waals surface area contributed by atoms with Gasteiger partial charge in [-0.15, -0.1) is 0 Å². The highest BCUT2D eigenvalue weighted by atomic mass is 32.2. The number of aliphatic imine (C=N–C) groups is 1. The molecule has 2 unspecified atom stereocenters. The van der Waals surface area contributed by atoms with Crippen LogP contribution < -0.4 is 5.32 Å². The molecule has 2 heterocycles. The molecule has 1 saturated carbocycles. The molecule has 1 spiro atoms. The smallest absolute Gasteiger partial charge is 0.157 e. The van der Waals surface area contributed by atoms with Crippen LogP contribution in [0.5, 0.6) is 0 Å².